The molecule has 1 aromatic rings. The number of pyridine rings is 1. The topological polar surface area (TPSA) is 37.6 Å². The first-order valence-electron chi connectivity index (χ1n) is 6.70. The summed E-state index contributed by atoms with van der Waals surface area (Å²) in [7, 11) is 0. The molecule has 0 aliphatic heterocycles. The lowest BCUT2D eigenvalue weighted by molar-refractivity contribution is 1.28. The van der Waals surface area contributed by atoms with Crippen LogP contribution in [0.25, 0.3) is 0 Å². The van der Waals surface area contributed by atoms with Crippen molar-refractivity contribution in [3.05, 3.63) is 105 Å². The summed E-state index contributed by atoms with van der Waals surface area (Å²) in [6.07, 6.45) is 13.4. The maximum absolute atomic E-state index is 4.57. The highest BCUT2D eigenvalue weighted by atomic mass is 14.8. The lowest BCUT2D eigenvalue weighted by Gasteiger charge is -2.04. The fraction of sp³-hybridized carbons (Fsp3) is 0. The van der Waals surface area contributed by atoms with Gasteiger partial charge < -0.3 is 0 Å². The molecule has 1 aromatic heterocycles. The summed E-state index contributed by atoms with van der Waals surface area (Å²) < 4.78 is 0. The van der Waals surface area contributed by atoms with E-state index in [1.54, 1.807) is 48.9 Å². The zero-order valence-electron chi connectivity index (χ0n) is 12.5. The van der Waals surface area contributed by atoms with Gasteiger partial charge in [0, 0.05) is 12.4 Å². The summed E-state index contributed by atoms with van der Waals surface area (Å²) in [6.45, 7) is 14.9. The molecule has 0 saturated heterocycles. The first kappa shape index (κ1) is 17.0. The molecule has 0 aliphatic carbocycles. The summed E-state index contributed by atoms with van der Waals surface area (Å²) in [6, 6.07) is 5.61. The monoisotopic (exact) mass is 289 g/mol. The zero-order chi connectivity index (χ0) is 16.2. The van der Waals surface area contributed by atoms with E-state index in [0.717, 1.165) is 5.69 Å². The van der Waals surface area contributed by atoms with Crippen LogP contribution in [0, 0.1) is 0 Å². The molecule has 0 unspecified atom stereocenters. The van der Waals surface area contributed by atoms with Crippen molar-refractivity contribution in [1.82, 2.24) is 4.98 Å². The van der Waals surface area contributed by atoms with Crippen LogP contribution in [0.4, 0.5) is 0 Å². The highest BCUT2D eigenvalue weighted by Gasteiger charge is 2.05. The van der Waals surface area contributed by atoms with Crippen molar-refractivity contribution < 1.29 is 0 Å². The Morgan fingerprint density at radius 1 is 1.05 bits per heavy atom. The fourth-order valence-electron chi connectivity index (χ4n) is 1.55. The number of aromatic nitrogens is 1. The van der Waals surface area contributed by atoms with Gasteiger partial charge in [0.25, 0.3) is 0 Å². The van der Waals surface area contributed by atoms with E-state index in [0.29, 0.717) is 17.1 Å². The summed E-state index contributed by atoms with van der Waals surface area (Å²) >= 11 is 0. The van der Waals surface area contributed by atoms with Crippen molar-refractivity contribution in [1.29, 1.82) is 0 Å². The predicted octanol–water partition coefficient (Wildman–Crippen LogP) is 4.45. The van der Waals surface area contributed by atoms with E-state index < -0.39 is 0 Å². The van der Waals surface area contributed by atoms with Gasteiger partial charge in [-0.3, -0.25) is 9.98 Å². The molecule has 0 radical (unpaired) electrons. The molecule has 0 aliphatic rings. The minimum atomic E-state index is 0.619. The molecular weight excluding hydrogens is 270 g/mol. The Kier molecular flexibility index (Phi) is 7.55. The third-order valence-electron chi connectivity index (χ3n) is 2.53. The van der Waals surface area contributed by atoms with Gasteiger partial charge in [-0.05, 0) is 36.4 Å². The quantitative estimate of drug-likeness (QED) is 0.514. The van der Waals surface area contributed by atoms with E-state index in [2.05, 4.69) is 41.3 Å². The Morgan fingerprint density at radius 2 is 1.86 bits per heavy atom. The van der Waals surface area contributed by atoms with Crippen molar-refractivity contribution in [2.24, 2.45) is 9.98 Å². The largest absolute Gasteiger partial charge is 0.255 e. The smallest absolute Gasteiger partial charge is 0.0893 e. The first-order chi connectivity index (χ1) is 10.8. The molecule has 22 heavy (non-hydrogen) atoms. The molecule has 0 spiro atoms. The van der Waals surface area contributed by atoms with Crippen LogP contribution in [0.3, 0.4) is 0 Å². The SMILES string of the molecule is C=C\C=C/N=C(C=C)/C(=C/C=C)/N=C(\C=C)c1ccccn1. The number of nitrogens with zero attached hydrogens (tertiary/aromatic N) is 3. The van der Waals surface area contributed by atoms with Gasteiger partial charge in [-0.25, -0.2) is 4.99 Å². The van der Waals surface area contributed by atoms with Gasteiger partial charge in [0.05, 0.1) is 22.8 Å². The summed E-state index contributed by atoms with van der Waals surface area (Å²) in [4.78, 5) is 13.1. The highest BCUT2D eigenvalue weighted by Crippen LogP contribution is 2.08. The van der Waals surface area contributed by atoms with Crippen LogP contribution < -0.4 is 0 Å². The maximum atomic E-state index is 4.57. The third kappa shape index (κ3) is 5.13. The summed E-state index contributed by atoms with van der Waals surface area (Å²) in [5.41, 5.74) is 2.63. The lowest BCUT2D eigenvalue weighted by atomic mass is 10.2. The van der Waals surface area contributed by atoms with E-state index in [4.69, 9.17) is 0 Å². The predicted molar refractivity (Wildman–Crippen MR) is 96.2 cm³/mol. The molecule has 0 aromatic carbocycles. The molecule has 1 heterocycles. The Bertz CT molecular complexity index is 659. The minimum Gasteiger partial charge on any atom is -0.255 e. The second kappa shape index (κ2) is 9.77. The molecule has 110 valence electrons. The molecule has 0 amide bonds. The van der Waals surface area contributed by atoms with Gasteiger partial charge in [-0.15, -0.1) is 0 Å². The van der Waals surface area contributed by atoms with Gasteiger partial charge in [0.1, 0.15) is 0 Å². The highest BCUT2D eigenvalue weighted by molar-refractivity contribution is 6.14. The average molecular weight is 289 g/mol. The van der Waals surface area contributed by atoms with Crippen LogP contribution in [0.2, 0.25) is 0 Å². The van der Waals surface area contributed by atoms with Crippen molar-refractivity contribution in [2.75, 3.05) is 0 Å². The number of aliphatic imine (C=N–C) groups is 2. The zero-order valence-corrected chi connectivity index (χ0v) is 12.5. The molecule has 3 heteroatoms. The number of allylic oxidation sites excluding steroid dienone is 6. The van der Waals surface area contributed by atoms with Gasteiger partial charge in [0.15, 0.2) is 0 Å². The molecule has 0 saturated carbocycles. The number of rotatable bonds is 8. The standard InChI is InChI=1S/C19H19N3/c1-5-9-14-20-16(7-3)19(12-6-2)22-17(8-4)18-13-10-11-15-21-18/h5-15H,1-4H2/b14-9-,19-12-,20-16+,22-17+. The summed E-state index contributed by atoms with van der Waals surface area (Å²) in [5.74, 6) is 0. The minimum absolute atomic E-state index is 0.619. The van der Waals surface area contributed by atoms with E-state index in [-0.39, 0.29) is 0 Å². The maximum Gasteiger partial charge on any atom is 0.0893 e. The Hall–Kier alpha value is -3.07. The van der Waals surface area contributed by atoms with Crippen molar-refractivity contribution >= 4 is 11.4 Å². The number of hydrogen-bond donors (Lipinski definition) is 0. The molecule has 0 bridgehead atoms. The second-order valence-electron chi connectivity index (χ2n) is 4.00. The Labute approximate surface area is 131 Å². The second-order valence-corrected chi connectivity index (χ2v) is 4.00. The van der Waals surface area contributed by atoms with Gasteiger partial charge >= 0.3 is 0 Å². The van der Waals surface area contributed by atoms with Gasteiger partial charge in [-0.2, -0.15) is 0 Å². The van der Waals surface area contributed by atoms with Gasteiger partial charge in [-0.1, -0.05) is 44.5 Å². The molecule has 0 atom stereocenters. The van der Waals surface area contributed by atoms with Crippen molar-refractivity contribution in [3.63, 3.8) is 0 Å². The first-order valence-corrected chi connectivity index (χ1v) is 6.70. The Morgan fingerprint density at radius 3 is 2.41 bits per heavy atom. The molecular formula is C19H19N3. The molecule has 0 fully saturated rings. The average Bonchev–Trinajstić information content (AvgIpc) is 2.56. The van der Waals surface area contributed by atoms with E-state index in [1.165, 1.54) is 0 Å². The molecule has 0 N–H and O–H groups in total. The Balaban J connectivity index is 3.30. The van der Waals surface area contributed by atoms with E-state index in [9.17, 15) is 0 Å². The third-order valence-corrected chi connectivity index (χ3v) is 2.53. The van der Waals surface area contributed by atoms with Crippen molar-refractivity contribution in [3.8, 4) is 0 Å². The molecule has 1 rings (SSSR count). The van der Waals surface area contributed by atoms with Crippen LogP contribution in [0.5, 0.6) is 0 Å². The van der Waals surface area contributed by atoms with Crippen LogP contribution >= 0.6 is 0 Å². The van der Waals surface area contributed by atoms with Crippen molar-refractivity contribution in [2.45, 2.75) is 0 Å². The normalized spacial score (nSPS) is 13.0. The van der Waals surface area contributed by atoms with Crippen LogP contribution in [0.1, 0.15) is 5.69 Å². The lowest BCUT2D eigenvalue weighted by Crippen LogP contribution is -2.04. The van der Waals surface area contributed by atoms with E-state index in [1.807, 2.05) is 18.2 Å². The van der Waals surface area contributed by atoms with Crippen LogP contribution in [0.15, 0.2) is 109 Å². The van der Waals surface area contributed by atoms with Gasteiger partial charge in [0.2, 0.25) is 0 Å². The molecule has 3 nitrogen and oxygen atoms in total. The summed E-state index contributed by atoms with van der Waals surface area (Å²) in [5, 5.41) is 0. The number of hydrogen-bond acceptors (Lipinski definition) is 3. The van der Waals surface area contributed by atoms with Crippen LogP contribution in [-0.4, -0.2) is 16.4 Å². The van der Waals surface area contributed by atoms with Crippen LogP contribution in [-0.2, 0) is 0 Å². The fourth-order valence-corrected chi connectivity index (χ4v) is 1.55. The van der Waals surface area contributed by atoms with E-state index >= 15 is 0 Å².